The fraction of sp³-hybridized carbons (Fsp3) is 0.0769. The second-order valence-electron chi connectivity index (χ2n) is 3.91. The maximum absolute atomic E-state index is 11.7. The minimum atomic E-state index is -0.218. The average molecular weight is 496 g/mol. The molecule has 0 bridgehead atoms. The third-order valence-corrected chi connectivity index (χ3v) is 4.87. The molecule has 0 saturated carbocycles. The molecule has 1 aromatic carbocycles. The van der Waals surface area contributed by atoms with Crippen LogP contribution in [0.4, 0.5) is 5.69 Å². The van der Waals surface area contributed by atoms with Gasteiger partial charge in [0.15, 0.2) is 0 Å². The van der Waals surface area contributed by atoms with Crippen molar-refractivity contribution in [2.24, 2.45) is 5.10 Å². The van der Waals surface area contributed by atoms with Crippen LogP contribution in [-0.2, 0) is 4.79 Å². The molecule has 0 radical (unpaired) electrons. The molecule has 1 aromatic heterocycles. The molecular weight excluding hydrogens is 486 g/mol. The smallest absolute Gasteiger partial charge is 0.259 e. The molecule has 4 nitrogen and oxygen atoms in total. The molecule has 0 unspecified atom stereocenters. The summed E-state index contributed by atoms with van der Waals surface area (Å²) >= 11 is 11.8. The Bertz CT molecular complexity index is 636. The van der Waals surface area contributed by atoms with Crippen molar-refractivity contribution in [1.29, 1.82) is 0 Å². The molecule has 0 fully saturated rings. The molecule has 110 valence electrons. The number of nitrogens with zero attached hydrogens (tertiary/aromatic N) is 1. The topological polar surface area (TPSA) is 53.5 Å². The number of thiophene rings is 1. The first-order valence-electron chi connectivity index (χ1n) is 5.80. The first-order valence-corrected chi connectivity index (χ1v) is 9.06. The van der Waals surface area contributed by atoms with Gasteiger partial charge < -0.3 is 5.32 Å². The van der Waals surface area contributed by atoms with E-state index in [1.807, 2.05) is 29.6 Å². The number of amides is 1. The minimum Gasteiger partial charge on any atom is -0.374 e. The Kier molecular flexibility index (Phi) is 6.40. The van der Waals surface area contributed by atoms with Gasteiger partial charge in [0, 0.05) is 18.3 Å². The maximum Gasteiger partial charge on any atom is 0.259 e. The molecule has 0 atom stereocenters. The van der Waals surface area contributed by atoms with Crippen molar-refractivity contribution in [1.82, 2.24) is 5.43 Å². The van der Waals surface area contributed by atoms with E-state index in [2.05, 4.69) is 63.6 Å². The molecule has 21 heavy (non-hydrogen) atoms. The lowest BCUT2D eigenvalue weighted by Gasteiger charge is -2.10. The van der Waals surface area contributed by atoms with Crippen LogP contribution in [0.2, 0.25) is 0 Å². The van der Waals surface area contributed by atoms with Crippen molar-refractivity contribution in [3.8, 4) is 0 Å². The molecular formula is C13H10Br3N3OS. The number of carbonyl (C=O) groups is 1. The van der Waals surface area contributed by atoms with E-state index in [0.29, 0.717) is 0 Å². The molecule has 0 spiro atoms. The van der Waals surface area contributed by atoms with Crippen LogP contribution in [0.5, 0.6) is 0 Å². The van der Waals surface area contributed by atoms with Gasteiger partial charge in [-0.25, -0.2) is 5.43 Å². The van der Waals surface area contributed by atoms with Crippen LogP contribution in [0, 0.1) is 0 Å². The highest BCUT2D eigenvalue weighted by atomic mass is 79.9. The standard InChI is InChI=1S/C13H10Br3N3OS/c14-8-4-10(15)13(11(16)5-8)17-7-12(20)19-18-6-9-2-1-3-21-9/h1-6,17H,7H2,(H,19,20). The number of hydrogen-bond donors (Lipinski definition) is 2. The van der Waals surface area contributed by atoms with Crippen LogP contribution in [0.1, 0.15) is 4.88 Å². The van der Waals surface area contributed by atoms with Gasteiger partial charge in [-0.2, -0.15) is 5.10 Å². The van der Waals surface area contributed by atoms with Crippen molar-refractivity contribution in [3.63, 3.8) is 0 Å². The fourth-order valence-electron chi connectivity index (χ4n) is 1.45. The Morgan fingerprint density at radius 3 is 2.62 bits per heavy atom. The maximum atomic E-state index is 11.7. The second kappa shape index (κ2) is 8.07. The van der Waals surface area contributed by atoms with Crippen molar-refractivity contribution in [3.05, 3.63) is 47.9 Å². The largest absolute Gasteiger partial charge is 0.374 e. The van der Waals surface area contributed by atoms with Gasteiger partial charge in [-0.1, -0.05) is 22.0 Å². The van der Waals surface area contributed by atoms with E-state index < -0.39 is 0 Å². The van der Waals surface area contributed by atoms with E-state index in [1.165, 1.54) is 0 Å². The first-order chi connectivity index (χ1) is 10.1. The summed E-state index contributed by atoms with van der Waals surface area (Å²) in [5.74, 6) is -0.218. The zero-order valence-electron chi connectivity index (χ0n) is 10.6. The van der Waals surface area contributed by atoms with Gasteiger partial charge in [0.2, 0.25) is 0 Å². The van der Waals surface area contributed by atoms with Crippen molar-refractivity contribution in [2.75, 3.05) is 11.9 Å². The summed E-state index contributed by atoms with van der Waals surface area (Å²) in [5, 5.41) is 8.91. The van der Waals surface area contributed by atoms with Crippen LogP contribution >= 0.6 is 59.1 Å². The molecule has 2 N–H and O–H groups in total. The number of nitrogens with one attached hydrogen (secondary N) is 2. The van der Waals surface area contributed by atoms with Crippen LogP contribution < -0.4 is 10.7 Å². The monoisotopic (exact) mass is 493 g/mol. The predicted octanol–water partition coefficient (Wildman–Crippen LogP) is 4.60. The molecule has 0 aliphatic rings. The Morgan fingerprint density at radius 1 is 1.29 bits per heavy atom. The Morgan fingerprint density at radius 2 is 2.00 bits per heavy atom. The Hall–Kier alpha value is -0.700. The molecule has 2 aromatic rings. The predicted molar refractivity (Wildman–Crippen MR) is 98.1 cm³/mol. The zero-order valence-corrected chi connectivity index (χ0v) is 16.1. The van der Waals surface area contributed by atoms with Crippen LogP contribution in [0.3, 0.4) is 0 Å². The number of benzene rings is 1. The summed E-state index contributed by atoms with van der Waals surface area (Å²) in [4.78, 5) is 12.7. The van der Waals surface area contributed by atoms with Gasteiger partial charge >= 0.3 is 0 Å². The summed E-state index contributed by atoms with van der Waals surface area (Å²) in [6.45, 7) is 0.126. The third-order valence-electron chi connectivity index (χ3n) is 2.36. The molecule has 8 heteroatoms. The van der Waals surface area contributed by atoms with Gasteiger partial charge in [-0.05, 0) is 55.4 Å². The summed E-state index contributed by atoms with van der Waals surface area (Å²) in [5.41, 5.74) is 3.29. The number of halogens is 3. The van der Waals surface area contributed by atoms with E-state index in [-0.39, 0.29) is 12.5 Å². The summed E-state index contributed by atoms with van der Waals surface area (Å²) in [6.07, 6.45) is 1.62. The lowest BCUT2D eigenvalue weighted by Crippen LogP contribution is -2.26. The SMILES string of the molecule is O=C(CNc1c(Br)cc(Br)cc1Br)NN=Cc1cccs1. The number of anilines is 1. The lowest BCUT2D eigenvalue weighted by molar-refractivity contribution is -0.119. The molecule has 0 aliphatic carbocycles. The van der Waals surface area contributed by atoms with Gasteiger partial charge in [-0.3, -0.25) is 4.79 Å². The highest BCUT2D eigenvalue weighted by Gasteiger charge is 2.08. The van der Waals surface area contributed by atoms with Gasteiger partial charge in [0.1, 0.15) is 0 Å². The van der Waals surface area contributed by atoms with Crippen molar-refractivity contribution < 1.29 is 4.79 Å². The molecule has 1 amide bonds. The Balaban J connectivity index is 1.87. The highest BCUT2D eigenvalue weighted by Crippen LogP contribution is 2.34. The van der Waals surface area contributed by atoms with Gasteiger partial charge in [0.05, 0.1) is 18.4 Å². The van der Waals surface area contributed by atoms with E-state index in [9.17, 15) is 4.79 Å². The van der Waals surface area contributed by atoms with Crippen molar-refractivity contribution >= 4 is 76.9 Å². The molecule has 2 rings (SSSR count). The minimum absolute atomic E-state index is 0.126. The lowest BCUT2D eigenvalue weighted by atomic mass is 10.3. The summed E-state index contributed by atoms with van der Waals surface area (Å²) < 4.78 is 2.66. The first kappa shape index (κ1) is 16.7. The average Bonchev–Trinajstić information content (AvgIpc) is 2.90. The second-order valence-corrected chi connectivity index (χ2v) is 7.51. The molecule has 1 heterocycles. The van der Waals surface area contributed by atoms with Crippen LogP contribution in [-0.4, -0.2) is 18.7 Å². The van der Waals surface area contributed by atoms with E-state index in [1.54, 1.807) is 17.6 Å². The van der Waals surface area contributed by atoms with E-state index in [0.717, 1.165) is 24.0 Å². The third kappa shape index (κ3) is 5.21. The van der Waals surface area contributed by atoms with Crippen molar-refractivity contribution in [2.45, 2.75) is 0 Å². The summed E-state index contributed by atoms with van der Waals surface area (Å²) in [7, 11) is 0. The van der Waals surface area contributed by atoms with E-state index in [4.69, 9.17) is 0 Å². The highest BCUT2D eigenvalue weighted by molar-refractivity contribution is 9.11. The Labute approximate surface area is 151 Å². The number of rotatable bonds is 5. The fourth-order valence-corrected chi connectivity index (χ4v) is 4.58. The summed E-state index contributed by atoms with van der Waals surface area (Å²) in [6, 6.07) is 7.66. The number of carbonyl (C=O) groups excluding carboxylic acids is 1. The molecule has 0 aliphatic heterocycles. The zero-order chi connectivity index (χ0) is 15.2. The van der Waals surface area contributed by atoms with Gasteiger partial charge in [0.25, 0.3) is 5.91 Å². The number of hydrogen-bond acceptors (Lipinski definition) is 4. The molecule has 0 saturated heterocycles. The number of hydrazone groups is 1. The van der Waals surface area contributed by atoms with E-state index >= 15 is 0 Å². The van der Waals surface area contributed by atoms with Gasteiger partial charge in [-0.15, -0.1) is 11.3 Å². The van der Waals surface area contributed by atoms with Crippen LogP contribution in [0.25, 0.3) is 0 Å². The quantitative estimate of drug-likeness (QED) is 0.470. The normalized spacial score (nSPS) is 10.8. The van der Waals surface area contributed by atoms with Crippen LogP contribution in [0.15, 0.2) is 48.2 Å².